The van der Waals surface area contributed by atoms with Gasteiger partial charge in [0.15, 0.2) is 5.76 Å². The summed E-state index contributed by atoms with van der Waals surface area (Å²) in [6, 6.07) is 21.1. The van der Waals surface area contributed by atoms with E-state index in [0.29, 0.717) is 35.0 Å². The Bertz CT molecular complexity index is 1590. The summed E-state index contributed by atoms with van der Waals surface area (Å²) in [4.78, 5) is 18.8. The van der Waals surface area contributed by atoms with Crippen LogP contribution in [0.2, 0.25) is 0 Å². The number of ether oxygens (including phenoxy) is 2. The normalized spacial score (nSPS) is 15.9. The lowest BCUT2D eigenvalue weighted by atomic mass is 9.94. The van der Waals surface area contributed by atoms with Crippen molar-refractivity contribution < 1.29 is 18.7 Å². The van der Waals surface area contributed by atoms with Gasteiger partial charge in [0.2, 0.25) is 5.78 Å². The monoisotopic (exact) mass is 534 g/mol. The molecule has 0 aliphatic carbocycles. The van der Waals surface area contributed by atoms with Crippen molar-refractivity contribution in [3.8, 4) is 22.6 Å². The maximum absolute atomic E-state index is 14.0. The average Bonchev–Trinajstić information content (AvgIpc) is 3.37. The summed E-state index contributed by atoms with van der Waals surface area (Å²) in [6.07, 6.45) is 2.85. The summed E-state index contributed by atoms with van der Waals surface area (Å²) >= 11 is 0. The molecular weight excluding hydrogens is 500 g/mol. The molecular formula is C34H34N2O4. The molecule has 1 fully saturated rings. The van der Waals surface area contributed by atoms with Crippen LogP contribution < -0.4 is 9.47 Å². The van der Waals surface area contributed by atoms with E-state index < -0.39 is 0 Å². The minimum Gasteiger partial charge on any atom is -0.494 e. The van der Waals surface area contributed by atoms with Crippen molar-refractivity contribution in [1.82, 2.24) is 9.80 Å². The number of furan rings is 1. The van der Waals surface area contributed by atoms with Crippen LogP contribution in [-0.4, -0.2) is 62.0 Å². The Morgan fingerprint density at radius 2 is 1.80 bits per heavy atom. The van der Waals surface area contributed by atoms with Crippen molar-refractivity contribution in [3.63, 3.8) is 0 Å². The molecule has 3 aromatic carbocycles. The van der Waals surface area contributed by atoms with Crippen LogP contribution in [0, 0.1) is 0 Å². The van der Waals surface area contributed by atoms with Crippen LogP contribution >= 0.6 is 0 Å². The first-order chi connectivity index (χ1) is 19.5. The quantitative estimate of drug-likeness (QED) is 0.186. The maximum Gasteiger partial charge on any atom is 0.229 e. The molecule has 4 aromatic rings. The van der Waals surface area contributed by atoms with E-state index in [9.17, 15) is 4.79 Å². The number of piperazine rings is 1. The number of ketones is 1. The van der Waals surface area contributed by atoms with E-state index in [1.807, 2.05) is 73.7 Å². The first-order valence-corrected chi connectivity index (χ1v) is 13.9. The predicted octanol–water partition coefficient (Wildman–Crippen LogP) is 6.66. The molecule has 0 bridgehead atoms. The number of likely N-dealkylation sites (N-methyl/N-ethyl adjacent to an activating group) is 1. The van der Waals surface area contributed by atoms with Crippen LogP contribution in [-0.2, 0) is 0 Å². The van der Waals surface area contributed by atoms with Gasteiger partial charge in [-0.3, -0.25) is 4.79 Å². The molecule has 6 rings (SSSR count). The predicted molar refractivity (Wildman–Crippen MR) is 159 cm³/mol. The molecule has 1 saturated heterocycles. The summed E-state index contributed by atoms with van der Waals surface area (Å²) in [5, 5.41) is 0.775. The topological polar surface area (TPSA) is 55.2 Å². The van der Waals surface area contributed by atoms with Gasteiger partial charge >= 0.3 is 0 Å². The number of nitrogens with zero attached hydrogens (tertiary/aromatic N) is 2. The molecule has 0 radical (unpaired) electrons. The van der Waals surface area contributed by atoms with E-state index >= 15 is 0 Å². The highest BCUT2D eigenvalue weighted by Crippen LogP contribution is 2.46. The number of carbonyl (C=O) groups excluding carboxylic acids is 1. The third-order valence-electron chi connectivity index (χ3n) is 7.69. The molecule has 6 heteroatoms. The van der Waals surface area contributed by atoms with E-state index in [4.69, 9.17) is 13.9 Å². The summed E-state index contributed by atoms with van der Waals surface area (Å²) < 4.78 is 18.5. The third-order valence-corrected chi connectivity index (χ3v) is 7.69. The van der Waals surface area contributed by atoms with E-state index in [-0.39, 0.29) is 11.5 Å². The summed E-state index contributed by atoms with van der Waals surface area (Å²) in [5.74, 6) is 1.99. The number of carbonyl (C=O) groups is 1. The van der Waals surface area contributed by atoms with Gasteiger partial charge in [-0.1, -0.05) is 49.0 Å². The fourth-order valence-electron chi connectivity index (χ4n) is 5.51. The van der Waals surface area contributed by atoms with Gasteiger partial charge in [-0.05, 0) is 61.9 Å². The lowest BCUT2D eigenvalue weighted by molar-refractivity contribution is 0.101. The molecule has 3 heterocycles. The van der Waals surface area contributed by atoms with Crippen molar-refractivity contribution in [1.29, 1.82) is 0 Å². The number of rotatable bonds is 8. The fourth-order valence-corrected chi connectivity index (χ4v) is 5.51. The van der Waals surface area contributed by atoms with E-state index in [2.05, 4.69) is 23.4 Å². The third kappa shape index (κ3) is 5.20. The molecule has 0 atom stereocenters. The molecule has 2 aliphatic rings. The number of allylic oxidation sites excluding steroid dienone is 2. The summed E-state index contributed by atoms with van der Waals surface area (Å²) in [6.45, 7) is 12.1. The van der Waals surface area contributed by atoms with Crippen molar-refractivity contribution in [2.24, 2.45) is 0 Å². The van der Waals surface area contributed by atoms with E-state index in [1.54, 1.807) is 6.07 Å². The first kappa shape index (κ1) is 26.1. The van der Waals surface area contributed by atoms with Crippen molar-refractivity contribution in [2.75, 3.05) is 46.4 Å². The lowest BCUT2D eigenvalue weighted by Crippen LogP contribution is -2.44. The van der Waals surface area contributed by atoms with Gasteiger partial charge in [0.25, 0.3) is 0 Å². The molecule has 204 valence electrons. The van der Waals surface area contributed by atoms with Gasteiger partial charge in [-0.2, -0.15) is 0 Å². The summed E-state index contributed by atoms with van der Waals surface area (Å²) in [7, 11) is 2.17. The Balaban J connectivity index is 1.29. The van der Waals surface area contributed by atoms with Crippen LogP contribution in [0.4, 0.5) is 0 Å². The van der Waals surface area contributed by atoms with Crippen LogP contribution in [0.5, 0.6) is 11.5 Å². The number of fused-ring (bicyclic) bond motifs is 3. The van der Waals surface area contributed by atoms with Gasteiger partial charge in [-0.15, -0.1) is 0 Å². The molecule has 2 aliphatic heterocycles. The van der Waals surface area contributed by atoms with Crippen LogP contribution in [0.15, 0.2) is 89.6 Å². The van der Waals surface area contributed by atoms with Crippen molar-refractivity contribution >= 4 is 22.3 Å². The molecule has 0 spiro atoms. The maximum atomic E-state index is 14.0. The van der Waals surface area contributed by atoms with E-state index in [1.165, 1.54) is 0 Å². The molecule has 0 unspecified atom stereocenters. The number of hydrogen-bond acceptors (Lipinski definition) is 6. The number of benzene rings is 3. The molecule has 6 nitrogen and oxygen atoms in total. The Morgan fingerprint density at radius 3 is 2.60 bits per heavy atom. The van der Waals surface area contributed by atoms with Crippen LogP contribution in [0.3, 0.4) is 0 Å². The molecule has 0 amide bonds. The zero-order valence-corrected chi connectivity index (χ0v) is 23.1. The van der Waals surface area contributed by atoms with Gasteiger partial charge in [0.05, 0.1) is 12.0 Å². The van der Waals surface area contributed by atoms with Gasteiger partial charge in [-0.25, -0.2) is 0 Å². The van der Waals surface area contributed by atoms with Crippen molar-refractivity contribution in [2.45, 2.75) is 13.3 Å². The second-order valence-corrected chi connectivity index (χ2v) is 10.6. The van der Waals surface area contributed by atoms with Crippen LogP contribution in [0.25, 0.3) is 27.7 Å². The molecule has 1 aromatic heterocycles. The van der Waals surface area contributed by atoms with Crippen LogP contribution in [0.1, 0.15) is 35.0 Å². The minimum absolute atomic E-state index is 0.200. The molecule has 0 N–H and O–H groups in total. The highest BCUT2D eigenvalue weighted by Gasteiger charge is 2.28. The second-order valence-electron chi connectivity index (χ2n) is 10.6. The number of hydrogen-bond donors (Lipinski definition) is 0. The van der Waals surface area contributed by atoms with Gasteiger partial charge in [0, 0.05) is 49.4 Å². The Kier molecular flexibility index (Phi) is 7.29. The minimum atomic E-state index is -0.200. The largest absolute Gasteiger partial charge is 0.494 e. The second kappa shape index (κ2) is 11.2. The first-order valence-electron chi connectivity index (χ1n) is 13.9. The highest BCUT2D eigenvalue weighted by molar-refractivity contribution is 6.17. The standard InChI is InChI=1S/C34H34N2O4/c1-23-21-24(2)39-33-28(23)13-14-29-31(33)30(25-9-5-4-6-10-25)34(40-29)32(37)26-11-7-12-27(22-26)38-20-8-15-36-18-16-35(3)17-19-36/h4-7,9-14,21-22H,2,8,15-20H2,1,3H3. The lowest BCUT2D eigenvalue weighted by Gasteiger charge is -2.32. The zero-order chi connectivity index (χ0) is 27.6. The zero-order valence-electron chi connectivity index (χ0n) is 23.1. The Hall–Kier alpha value is -4.13. The van der Waals surface area contributed by atoms with Crippen molar-refractivity contribution in [3.05, 3.63) is 102 Å². The fraction of sp³-hybridized carbons (Fsp3) is 0.265. The van der Waals surface area contributed by atoms with Gasteiger partial charge in [0.1, 0.15) is 22.8 Å². The highest BCUT2D eigenvalue weighted by atomic mass is 16.5. The Morgan fingerprint density at radius 1 is 1.00 bits per heavy atom. The molecule has 40 heavy (non-hydrogen) atoms. The smallest absolute Gasteiger partial charge is 0.229 e. The van der Waals surface area contributed by atoms with Gasteiger partial charge < -0.3 is 23.7 Å². The Labute approximate surface area is 235 Å². The SMILES string of the molecule is C=C1C=C(C)c2ccc3oc(C(=O)c4cccc(OCCCN5CCN(C)CC5)c4)c(-c4ccccc4)c3c2O1. The summed E-state index contributed by atoms with van der Waals surface area (Å²) in [5.41, 5.74) is 4.74. The van der Waals surface area contributed by atoms with E-state index in [0.717, 1.165) is 66.8 Å². The molecule has 0 saturated carbocycles. The average molecular weight is 535 g/mol.